The molecule has 1 nitrogen and oxygen atoms in total. The molecule has 1 aromatic carbocycles. The molecule has 2 rings (SSSR count). The monoisotopic (exact) mass is 245 g/mol. The highest BCUT2D eigenvalue weighted by Gasteiger charge is 2.22. The van der Waals surface area contributed by atoms with Crippen molar-refractivity contribution in [2.45, 2.75) is 58.9 Å². The van der Waals surface area contributed by atoms with Crippen molar-refractivity contribution >= 4 is 0 Å². The van der Waals surface area contributed by atoms with Crippen LogP contribution in [-0.2, 0) is 19.3 Å². The molecule has 0 saturated carbocycles. The van der Waals surface area contributed by atoms with Crippen molar-refractivity contribution in [2.24, 2.45) is 5.41 Å². The predicted molar refractivity (Wildman–Crippen MR) is 79.1 cm³/mol. The molecule has 0 radical (unpaired) electrons. The summed E-state index contributed by atoms with van der Waals surface area (Å²) in [5.74, 6) is 0. The first-order valence-electron chi connectivity index (χ1n) is 7.28. The Labute approximate surface area is 112 Å². The van der Waals surface area contributed by atoms with Crippen molar-refractivity contribution < 1.29 is 0 Å². The van der Waals surface area contributed by atoms with Crippen LogP contribution in [0.2, 0.25) is 0 Å². The van der Waals surface area contributed by atoms with Crippen molar-refractivity contribution in [3.63, 3.8) is 0 Å². The lowest BCUT2D eigenvalue weighted by atomic mass is 9.80. The Morgan fingerprint density at radius 1 is 1.22 bits per heavy atom. The number of benzene rings is 1. The van der Waals surface area contributed by atoms with E-state index in [-0.39, 0.29) is 0 Å². The summed E-state index contributed by atoms with van der Waals surface area (Å²) in [5, 5.41) is 3.35. The van der Waals surface area contributed by atoms with Gasteiger partial charge in [0.1, 0.15) is 0 Å². The number of fused-ring (bicyclic) bond motifs is 1. The molecule has 1 aromatic rings. The molecular formula is C17H27N. The molecule has 1 heteroatoms. The second-order valence-corrected chi connectivity index (χ2v) is 6.69. The van der Waals surface area contributed by atoms with Gasteiger partial charge >= 0.3 is 0 Å². The summed E-state index contributed by atoms with van der Waals surface area (Å²) >= 11 is 0. The van der Waals surface area contributed by atoms with Crippen molar-refractivity contribution in [1.82, 2.24) is 5.32 Å². The Bertz CT molecular complexity index is 406. The SMILES string of the molecule is CNC(C)CC(C)(C)Cc1ccc2c(c1)CCC2. The van der Waals surface area contributed by atoms with Crippen LogP contribution in [0.5, 0.6) is 0 Å². The number of hydrogen-bond acceptors (Lipinski definition) is 1. The Hall–Kier alpha value is -0.820. The van der Waals surface area contributed by atoms with Crippen LogP contribution >= 0.6 is 0 Å². The zero-order chi connectivity index (χ0) is 13.2. The van der Waals surface area contributed by atoms with E-state index in [1.165, 1.54) is 37.7 Å². The zero-order valence-corrected chi connectivity index (χ0v) is 12.3. The fraction of sp³-hybridized carbons (Fsp3) is 0.647. The van der Waals surface area contributed by atoms with Crippen LogP contribution in [0.3, 0.4) is 0 Å². The van der Waals surface area contributed by atoms with Crippen molar-refractivity contribution in [3.05, 3.63) is 34.9 Å². The molecule has 1 aliphatic rings. The van der Waals surface area contributed by atoms with Gasteiger partial charge in [0.15, 0.2) is 0 Å². The molecule has 0 bridgehead atoms. The highest BCUT2D eigenvalue weighted by atomic mass is 14.9. The van der Waals surface area contributed by atoms with Crippen molar-refractivity contribution in [1.29, 1.82) is 0 Å². The minimum absolute atomic E-state index is 0.370. The largest absolute Gasteiger partial charge is 0.317 e. The summed E-state index contributed by atoms with van der Waals surface area (Å²) in [7, 11) is 2.05. The van der Waals surface area contributed by atoms with E-state index in [4.69, 9.17) is 0 Å². The normalized spacial score (nSPS) is 16.7. The molecule has 18 heavy (non-hydrogen) atoms. The van der Waals surface area contributed by atoms with Crippen LogP contribution < -0.4 is 5.32 Å². The van der Waals surface area contributed by atoms with Crippen LogP contribution in [-0.4, -0.2) is 13.1 Å². The Kier molecular flexibility index (Phi) is 4.11. The molecule has 100 valence electrons. The third kappa shape index (κ3) is 3.35. The smallest absolute Gasteiger partial charge is 0.00409 e. The fourth-order valence-electron chi connectivity index (χ4n) is 3.29. The molecule has 0 spiro atoms. The maximum absolute atomic E-state index is 3.35. The molecular weight excluding hydrogens is 218 g/mol. The van der Waals surface area contributed by atoms with Crippen LogP contribution in [0.4, 0.5) is 0 Å². The van der Waals surface area contributed by atoms with Gasteiger partial charge in [0, 0.05) is 6.04 Å². The van der Waals surface area contributed by atoms with Gasteiger partial charge in [0.25, 0.3) is 0 Å². The van der Waals surface area contributed by atoms with Crippen molar-refractivity contribution in [2.75, 3.05) is 7.05 Å². The molecule has 0 heterocycles. The van der Waals surface area contributed by atoms with Gasteiger partial charge in [-0.3, -0.25) is 0 Å². The molecule has 1 aliphatic carbocycles. The summed E-state index contributed by atoms with van der Waals surface area (Å²) < 4.78 is 0. The molecule has 0 saturated heterocycles. The summed E-state index contributed by atoms with van der Waals surface area (Å²) in [6.07, 6.45) is 6.33. The summed E-state index contributed by atoms with van der Waals surface area (Å²) in [5.41, 5.74) is 5.07. The van der Waals surface area contributed by atoms with Gasteiger partial charge in [-0.2, -0.15) is 0 Å². The average molecular weight is 245 g/mol. The van der Waals surface area contributed by atoms with Crippen LogP contribution in [0.15, 0.2) is 18.2 Å². The highest BCUT2D eigenvalue weighted by molar-refractivity contribution is 5.35. The molecule has 0 fully saturated rings. The summed E-state index contributed by atoms with van der Waals surface area (Å²) in [6, 6.07) is 7.74. The van der Waals surface area contributed by atoms with E-state index in [2.05, 4.69) is 51.3 Å². The second kappa shape index (κ2) is 5.44. The first-order chi connectivity index (χ1) is 8.50. The number of hydrogen-bond donors (Lipinski definition) is 1. The van der Waals surface area contributed by atoms with Gasteiger partial charge in [0.05, 0.1) is 0 Å². The highest BCUT2D eigenvalue weighted by Crippen LogP contribution is 2.30. The predicted octanol–water partition coefficient (Wildman–Crippen LogP) is 3.74. The van der Waals surface area contributed by atoms with E-state index in [9.17, 15) is 0 Å². The molecule has 0 amide bonds. The van der Waals surface area contributed by atoms with E-state index in [1.807, 2.05) is 0 Å². The topological polar surface area (TPSA) is 12.0 Å². The fourth-order valence-corrected chi connectivity index (χ4v) is 3.29. The molecule has 1 unspecified atom stereocenters. The number of rotatable bonds is 5. The molecule has 0 aromatic heterocycles. The third-order valence-electron chi connectivity index (χ3n) is 4.20. The van der Waals surface area contributed by atoms with E-state index < -0.39 is 0 Å². The van der Waals surface area contributed by atoms with Gasteiger partial charge in [-0.1, -0.05) is 32.0 Å². The maximum atomic E-state index is 3.35. The van der Waals surface area contributed by atoms with Gasteiger partial charge in [0.2, 0.25) is 0 Å². The second-order valence-electron chi connectivity index (χ2n) is 6.69. The Morgan fingerprint density at radius 3 is 2.67 bits per heavy atom. The van der Waals surface area contributed by atoms with Gasteiger partial charge in [-0.15, -0.1) is 0 Å². The van der Waals surface area contributed by atoms with E-state index in [1.54, 1.807) is 11.1 Å². The van der Waals surface area contributed by atoms with E-state index in [0.717, 1.165) is 0 Å². The summed E-state index contributed by atoms with van der Waals surface area (Å²) in [6.45, 7) is 7.03. The lowest BCUT2D eigenvalue weighted by Crippen LogP contribution is -2.29. The van der Waals surface area contributed by atoms with Crippen LogP contribution in [0.25, 0.3) is 0 Å². The summed E-state index contributed by atoms with van der Waals surface area (Å²) in [4.78, 5) is 0. The molecule has 1 atom stereocenters. The Morgan fingerprint density at radius 2 is 1.94 bits per heavy atom. The minimum Gasteiger partial charge on any atom is -0.317 e. The van der Waals surface area contributed by atoms with Gasteiger partial charge in [-0.25, -0.2) is 0 Å². The lowest BCUT2D eigenvalue weighted by molar-refractivity contribution is 0.293. The van der Waals surface area contributed by atoms with Crippen LogP contribution in [0.1, 0.15) is 50.3 Å². The molecule has 0 aliphatic heterocycles. The quantitative estimate of drug-likeness (QED) is 0.833. The van der Waals surface area contributed by atoms with E-state index in [0.29, 0.717) is 11.5 Å². The Balaban J connectivity index is 2.04. The minimum atomic E-state index is 0.370. The number of nitrogens with one attached hydrogen (secondary N) is 1. The lowest BCUT2D eigenvalue weighted by Gasteiger charge is -2.28. The van der Waals surface area contributed by atoms with Gasteiger partial charge < -0.3 is 5.32 Å². The molecule has 1 N–H and O–H groups in total. The van der Waals surface area contributed by atoms with Gasteiger partial charge in [-0.05, 0) is 68.2 Å². The first kappa shape index (κ1) is 13.6. The van der Waals surface area contributed by atoms with E-state index >= 15 is 0 Å². The average Bonchev–Trinajstić information content (AvgIpc) is 2.74. The first-order valence-corrected chi connectivity index (χ1v) is 7.28. The maximum Gasteiger partial charge on any atom is 0.00409 e. The third-order valence-corrected chi connectivity index (χ3v) is 4.20. The van der Waals surface area contributed by atoms with Crippen molar-refractivity contribution in [3.8, 4) is 0 Å². The standard InChI is InChI=1S/C17H27N/c1-13(18-4)11-17(2,3)12-14-8-9-15-6-5-7-16(15)10-14/h8-10,13,18H,5-7,11-12H2,1-4H3. The number of aryl methyl sites for hydroxylation is 2. The zero-order valence-electron chi connectivity index (χ0n) is 12.3. The van der Waals surface area contributed by atoms with Crippen LogP contribution in [0, 0.1) is 5.41 Å².